The zero-order chi connectivity index (χ0) is 13.2. The van der Waals surface area contributed by atoms with Gasteiger partial charge in [-0.05, 0) is 31.9 Å². The second kappa shape index (κ2) is 8.98. The van der Waals surface area contributed by atoms with Gasteiger partial charge in [0.15, 0.2) is 5.12 Å². The van der Waals surface area contributed by atoms with Crippen LogP contribution in [0.2, 0.25) is 0 Å². The van der Waals surface area contributed by atoms with Gasteiger partial charge in [0.25, 0.3) is 0 Å². The van der Waals surface area contributed by atoms with Crippen LogP contribution in [0.5, 0.6) is 0 Å². The first-order valence-corrected chi connectivity index (χ1v) is 7.45. The van der Waals surface area contributed by atoms with Crippen molar-refractivity contribution in [3.63, 3.8) is 0 Å². The van der Waals surface area contributed by atoms with E-state index in [1.165, 1.54) is 36.6 Å². The fourth-order valence-corrected chi connectivity index (χ4v) is 2.40. The molecule has 0 saturated carbocycles. The summed E-state index contributed by atoms with van der Waals surface area (Å²) in [5, 5.41) is 0.219. The molecule has 1 aromatic carbocycles. The molecule has 0 aliphatic carbocycles. The highest BCUT2D eigenvalue weighted by molar-refractivity contribution is 8.13. The Labute approximate surface area is 115 Å². The largest absolute Gasteiger partial charge is 0.286 e. The number of carbonyl (C=O) groups is 1. The summed E-state index contributed by atoms with van der Waals surface area (Å²) in [6.07, 6.45) is 7.50. The summed E-state index contributed by atoms with van der Waals surface area (Å²) >= 11 is 1.33. The van der Waals surface area contributed by atoms with Gasteiger partial charge in [0, 0.05) is 11.3 Å². The van der Waals surface area contributed by atoms with Crippen molar-refractivity contribution < 1.29 is 4.79 Å². The van der Waals surface area contributed by atoms with Crippen molar-refractivity contribution in [2.24, 2.45) is 0 Å². The minimum Gasteiger partial charge on any atom is -0.286 e. The Morgan fingerprint density at radius 1 is 1.22 bits per heavy atom. The Balaban J connectivity index is 2.30. The molecule has 1 rings (SSSR count). The van der Waals surface area contributed by atoms with E-state index >= 15 is 0 Å². The topological polar surface area (TPSA) is 17.1 Å². The van der Waals surface area contributed by atoms with Gasteiger partial charge in [-0.3, -0.25) is 4.79 Å². The van der Waals surface area contributed by atoms with E-state index in [0.29, 0.717) is 6.42 Å². The maximum absolute atomic E-state index is 11.8. The highest BCUT2D eigenvalue weighted by Crippen LogP contribution is 2.20. The molecule has 18 heavy (non-hydrogen) atoms. The lowest BCUT2D eigenvalue weighted by Crippen LogP contribution is -1.89. The number of thioether (sulfide) groups is 1. The van der Waals surface area contributed by atoms with Crippen LogP contribution in [0.1, 0.15) is 46.0 Å². The van der Waals surface area contributed by atoms with Gasteiger partial charge in [-0.1, -0.05) is 61.4 Å². The molecule has 1 aromatic rings. The minimum atomic E-state index is 0.219. The van der Waals surface area contributed by atoms with Crippen molar-refractivity contribution >= 4 is 16.9 Å². The molecule has 0 saturated heterocycles. The summed E-state index contributed by atoms with van der Waals surface area (Å²) in [6.45, 7) is 4.33. The summed E-state index contributed by atoms with van der Waals surface area (Å²) in [4.78, 5) is 12.8. The monoisotopic (exact) mass is 262 g/mol. The highest BCUT2D eigenvalue weighted by Gasteiger charge is 2.02. The molecule has 0 aliphatic rings. The van der Waals surface area contributed by atoms with Gasteiger partial charge < -0.3 is 0 Å². The average molecular weight is 262 g/mol. The first-order valence-electron chi connectivity index (χ1n) is 6.63. The van der Waals surface area contributed by atoms with Crippen molar-refractivity contribution in [2.75, 3.05) is 0 Å². The predicted molar refractivity (Wildman–Crippen MR) is 79.8 cm³/mol. The Hall–Kier alpha value is -1.02. The molecule has 2 heteroatoms. The molecular formula is C16H22OS. The second-order valence-corrected chi connectivity index (χ2v) is 5.63. The third kappa shape index (κ3) is 6.65. The molecule has 0 heterocycles. The summed E-state index contributed by atoms with van der Waals surface area (Å²) in [5.74, 6) is 0. The van der Waals surface area contributed by atoms with Crippen molar-refractivity contribution in [3.8, 4) is 0 Å². The Kier molecular flexibility index (Phi) is 7.51. The molecule has 0 spiro atoms. The van der Waals surface area contributed by atoms with Crippen LogP contribution in [0.4, 0.5) is 0 Å². The van der Waals surface area contributed by atoms with Crippen molar-refractivity contribution in [1.29, 1.82) is 0 Å². The quantitative estimate of drug-likeness (QED) is 0.380. The standard InChI is InChI=1S/C16H22OS/c1-3-4-6-9-14(2)12-13-16(17)18-15-10-7-5-8-11-15/h5,7-8,10-12H,3-4,6,9,13H2,1-2H3/b14-12+. The fraction of sp³-hybridized carbons (Fsp3) is 0.438. The van der Waals surface area contributed by atoms with E-state index in [4.69, 9.17) is 0 Å². The van der Waals surface area contributed by atoms with Gasteiger partial charge in [-0.2, -0.15) is 0 Å². The molecule has 0 bridgehead atoms. The third-order valence-electron chi connectivity index (χ3n) is 2.77. The Morgan fingerprint density at radius 3 is 2.61 bits per heavy atom. The molecule has 0 fully saturated rings. The number of hydrogen-bond acceptors (Lipinski definition) is 2. The molecule has 0 atom stereocenters. The fourth-order valence-electron chi connectivity index (χ4n) is 1.68. The lowest BCUT2D eigenvalue weighted by Gasteiger charge is -2.01. The Morgan fingerprint density at radius 2 is 1.94 bits per heavy atom. The van der Waals surface area contributed by atoms with Gasteiger partial charge >= 0.3 is 0 Å². The molecule has 1 nitrogen and oxygen atoms in total. The van der Waals surface area contributed by atoms with Gasteiger partial charge in [0.1, 0.15) is 0 Å². The van der Waals surface area contributed by atoms with Crippen LogP contribution in [-0.2, 0) is 4.79 Å². The van der Waals surface area contributed by atoms with Crippen LogP contribution < -0.4 is 0 Å². The van der Waals surface area contributed by atoms with Crippen LogP contribution in [0.15, 0.2) is 46.9 Å². The molecule has 98 valence electrons. The number of rotatable bonds is 7. The third-order valence-corrected chi connectivity index (χ3v) is 3.67. The van der Waals surface area contributed by atoms with Crippen LogP contribution in [0, 0.1) is 0 Å². The van der Waals surface area contributed by atoms with E-state index in [0.717, 1.165) is 11.3 Å². The van der Waals surface area contributed by atoms with Crippen LogP contribution >= 0.6 is 11.8 Å². The number of benzene rings is 1. The van der Waals surface area contributed by atoms with Gasteiger partial charge in [0.2, 0.25) is 0 Å². The Bertz CT molecular complexity index is 381. The van der Waals surface area contributed by atoms with E-state index < -0.39 is 0 Å². The van der Waals surface area contributed by atoms with Crippen LogP contribution in [-0.4, -0.2) is 5.12 Å². The van der Waals surface area contributed by atoms with Crippen molar-refractivity contribution in [1.82, 2.24) is 0 Å². The lowest BCUT2D eigenvalue weighted by molar-refractivity contribution is -0.110. The van der Waals surface area contributed by atoms with Crippen LogP contribution in [0.3, 0.4) is 0 Å². The first kappa shape index (κ1) is 15.0. The smallest absolute Gasteiger partial charge is 0.197 e. The van der Waals surface area contributed by atoms with Crippen molar-refractivity contribution in [2.45, 2.75) is 50.8 Å². The maximum Gasteiger partial charge on any atom is 0.197 e. The number of unbranched alkanes of at least 4 members (excludes halogenated alkanes) is 2. The predicted octanol–water partition coefficient (Wildman–Crippen LogP) is 5.22. The number of hydrogen-bond donors (Lipinski definition) is 0. The highest BCUT2D eigenvalue weighted by atomic mass is 32.2. The summed E-state index contributed by atoms with van der Waals surface area (Å²) in [6, 6.07) is 9.83. The number of carbonyl (C=O) groups excluding carboxylic acids is 1. The zero-order valence-electron chi connectivity index (χ0n) is 11.3. The van der Waals surface area contributed by atoms with Crippen molar-refractivity contribution in [3.05, 3.63) is 42.0 Å². The lowest BCUT2D eigenvalue weighted by atomic mass is 10.1. The molecule has 0 radical (unpaired) electrons. The second-order valence-electron chi connectivity index (χ2n) is 4.50. The molecule has 0 amide bonds. The number of allylic oxidation sites excluding steroid dienone is 2. The van der Waals surface area contributed by atoms with Gasteiger partial charge in [-0.15, -0.1) is 0 Å². The zero-order valence-corrected chi connectivity index (χ0v) is 12.1. The van der Waals surface area contributed by atoms with E-state index in [9.17, 15) is 4.79 Å². The molecule has 0 aliphatic heterocycles. The summed E-state index contributed by atoms with van der Waals surface area (Å²) in [7, 11) is 0. The first-order chi connectivity index (χ1) is 8.72. The van der Waals surface area contributed by atoms with E-state index in [1.54, 1.807) is 0 Å². The molecule has 0 aromatic heterocycles. The van der Waals surface area contributed by atoms with Gasteiger partial charge in [-0.25, -0.2) is 0 Å². The normalized spacial score (nSPS) is 11.6. The maximum atomic E-state index is 11.8. The summed E-state index contributed by atoms with van der Waals surface area (Å²) < 4.78 is 0. The SMILES string of the molecule is CCCCC/C(C)=C/CC(=O)Sc1ccccc1. The van der Waals surface area contributed by atoms with Gasteiger partial charge in [0.05, 0.1) is 0 Å². The van der Waals surface area contributed by atoms with Crippen LogP contribution in [0.25, 0.3) is 0 Å². The molecular weight excluding hydrogens is 240 g/mol. The van der Waals surface area contributed by atoms with E-state index in [2.05, 4.69) is 19.9 Å². The van der Waals surface area contributed by atoms with E-state index in [1.807, 2.05) is 30.3 Å². The average Bonchev–Trinajstić information content (AvgIpc) is 2.38. The molecule has 0 unspecified atom stereocenters. The minimum absolute atomic E-state index is 0.219. The summed E-state index contributed by atoms with van der Waals surface area (Å²) in [5.41, 5.74) is 1.34. The molecule has 0 N–H and O–H groups in total. The van der Waals surface area contributed by atoms with E-state index in [-0.39, 0.29) is 5.12 Å².